The molecule has 2 nitrogen and oxygen atoms in total. The lowest BCUT2D eigenvalue weighted by Gasteiger charge is -2.18. The van der Waals surface area contributed by atoms with Gasteiger partial charge in [0, 0.05) is 6.04 Å². The normalized spacial score (nSPS) is 19.2. The summed E-state index contributed by atoms with van der Waals surface area (Å²) in [6.07, 6.45) is 9.10. The Morgan fingerprint density at radius 2 is 1.94 bits per heavy atom. The third-order valence-electron chi connectivity index (χ3n) is 3.83. The predicted molar refractivity (Wildman–Crippen MR) is 75.8 cm³/mol. The summed E-state index contributed by atoms with van der Waals surface area (Å²) < 4.78 is 6.12. The van der Waals surface area contributed by atoms with Crippen LogP contribution in [0.5, 0.6) is 5.75 Å². The quantitative estimate of drug-likeness (QED) is 0.809. The molecular formula is C16H25NO. The first-order valence-electron chi connectivity index (χ1n) is 7.32. The van der Waals surface area contributed by atoms with E-state index >= 15 is 0 Å². The fourth-order valence-electron chi connectivity index (χ4n) is 2.61. The van der Waals surface area contributed by atoms with Crippen LogP contribution in [0.25, 0.3) is 0 Å². The smallest absolute Gasteiger partial charge is 0.120 e. The molecule has 2 N–H and O–H groups in total. The van der Waals surface area contributed by atoms with Crippen LogP contribution >= 0.6 is 0 Å². The lowest BCUT2D eigenvalue weighted by Crippen LogP contribution is -2.15. The Bertz CT molecular complexity index is 356. The number of hydrogen-bond acceptors (Lipinski definition) is 2. The van der Waals surface area contributed by atoms with Gasteiger partial charge in [-0.15, -0.1) is 0 Å². The molecular weight excluding hydrogens is 222 g/mol. The molecule has 0 aliphatic heterocycles. The lowest BCUT2D eigenvalue weighted by molar-refractivity contribution is 0.183. The number of nitrogens with two attached hydrogens (primary N) is 1. The predicted octanol–water partition coefficient (Wildman–Crippen LogP) is 4.20. The Morgan fingerprint density at radius 1 is 1.22 bits per heavy atom. The van der Waals surface area contributed by atoms with Crippen molar-refractivity contribution in [2.75, 3.05) is 0 Å². The van der Waals surface area contributed by atoms with Gasteiger partial charge in [0.05, 0.1) is 6.10 Å². The highest BCUT2D eigenvalue weighted by molar-refractivity contribution is 5.30. The number of rotatable bonds is 4. The Balaban J connectivity index is 1.99. The molecule has 1 aliphatic rings. The first kappa shape index (κ1) is 13.4. The molecule has 2 heteroatoms. The Kier molecular flexibility index (Phi) is 5.06. The van der Waals surface area contributed by atoms with Gasteiger partial charge >= 0.3 is 0 Å². The fourth-order valence-corrected chi connectivity index (χ4v) is 2.61. The van der Waals surface area contributed by atoms with Crippen LogP contribution in [0.4, 0.5) is 0 Å². The van der Waals surface area contributed by atoms with Gasteiger partial charge in [0.1, 0.15) is 5.75 Å². The van der Waals surface area contributed by atoms with Gasteiger partial charge in [-0.05, 0) is 49.8 Å². The van der Waals surface area contributed by atoms with E-state index in [4.69, 9.17) is 10.5 Å². The van der Waals surface area contributed by atoms with Crippen LogP contribution in [0.15, 0.2) is 24.3 Å². The van der Waals surface area contributed by atoms with Gasteiger partial charge in [0.25, 0.3) is 0 Å². The van der Waals surface area contributed by atoms with Crippen molar-refractivity contribution in [3.63, 3.8) is 0 Å². The van der Waals surface area contributed by atoms with Crippen LogP contribution in [0.1, 0.15) is 63.5 Å². The van der Waals surface area contributed by atoms with Gasteiger partial charge < -0.3 is 10.5 Å². The topological polar surface area (TPSA) is 35.2 Å². The van der Waals surface area contributed by atoms with Crippen molar-refractivity contribution in [1.82, 2.24) is 0 Å². The molecule has 1 saturated carbocycles. The van der Waals surface area contributed by atoms with E-state index in [0.717, 1.165) is 12.2 Å². The molecule has 1 unspecified atom stereocenters. The maximum absolute atomic E-state index is 6.12. The Hall–Kier alpha value is -1.02. The minimum Gasteiger partial charge on any atom is -0.490 e. The third-order valence-corrected chi connectivity index (χ3v) is 3.83. The van der Waals surface area contributed by atoms with E-state index < -0.39 is 0 Å². The molecule has 1 aliphatic carbocycles. The summed E-state index contributed by atoms with van der Waals surface area (Å²) in [5.74, 6) is 0.989. The Labute approximate surface area is 111 Å². The van der Waals surface area contributed by atoms with Crippen molar-refractivity contribution in [3.8, 4) is 5.75 Å². The molecule has 0 saturated heterocycles. The second-order valence-electron chi connectivity index (χ2n) is 5.32. The van der Waals surface area contributed by atoms with Crippen LogP contribution in [-0.2, 0) is 0 Å². The van der Waals surface area contributed by atoms with Crippen molar-refractivity contribution in [3.05, 3.63) is 29.8 Å². The van der Waals surface area contributed by atoms with Gasteiger partial charge in [-0.2, -0.15) is 0 Å². The summed E-state index contributed by atoms with van der Waals surface area (Å²) >= 11 is 0. The first-order chi connectivity index (χ1) is 8.79. The zero-order valence-electron chi connectivity index (χ0n) is 11.4. The zero-order valence-corrected chi connectivity index (χ0v) is 11.4. The second-order valence-corrected chi connectivity index (χ2v) is 5.32. The highest BCUT2D eigenvalue weighted by Gasteiger charge is 2.14. The highest BCUT2D eigenvalue weighted by atomic mass is 16.5. The molecule has 0 spiro atoms. The van der Waals surface area contributed by atoms with Crippen LogP contribution in [0, 0.1) is 0 Å². The molecule has 0 amide bonds. The first-order valence-corrected chi connectivity index (χ1v) is 7.32. The molecule has 1 aromatic carbocycles. The molecule has 18 heavy (non-hydrogen) atoms. The van der Waals surface area contributed by atoms with Crippen molar-refractivity contribution < 1.29 is 4.74 Å². The number of benzene rings is 1. The SMILES string of the molecule is CCC(N)c1cccc(OC2CCCCCC2)c1. The van der Waals surface area contributed by atoms with Gasteiger partial charge in [0.15, 0.2) is 0 Å². The molecule has 1 aromatic rings. The highest BCUT2D eigenvalue weighted by Crippen LogP contribution is 2.25. The van der Waals surface area contributed by atoms with E-state index in [-0.39, 0.29) is 6.04 Å². The van der Waals surface area contributed by atoms with Crippen LogP contribution in [-0.4, -0.2) is 6.10 Å². The van der Waals surface area contributed by atoms with Gasteiger partial charge in [-0.3, -0.25) is 0 Å². The van der Waals surface area contributed by atoms with E-state index in [1.807, 2.05) is 0 Å². The van der Waals surface area contributed by atoms with Gasteiger partial charge in [-0.25, -0.2) is 0 Å². The minimum absolute atomic E-state index is 0.127. The second kappa shape index (κ2) is 6.79. The summed E-state index contributed by atoms with van der Waals surface area (Å²) in [6.45, 7) is 2.11. The summed E-state index contributed by atoms with van der Waals surface area (Å²) in [7, 11) is 0. The van der Waals surface area contributed by atoms with Crippen LogP contribution < -0.4 is 10.5 Å². The van der Waals surface area contributed by atoms with E-state index in [1.165, 1.54) is 44.1 Å². The number of ether oxygens (including phenoxy) is 1. The molecule has 0 heterocycles. The molecule has 0 bridgehead atoms. The molecule has 100 valence electrons. The van der Waals surface area contributed by atoms with E-state index in [0.29, 0.717) is 6.10 Å². The monoisotopic (exact) mass is 247 g/mol. The summed E-state index contributed by atoms with van der Waals surface area (Å²) in [5, 5.41) is 0. The van der Waals surface area contributed by atoms with Crippen molar-refractivity contribution >= 4 is 0 Å². The van der Waals surface area contributed by atoms with Crippen LogP contribution in [0.2, 0.25) is 0 Å². The van der Waals surface area contributed by atoms with Crippen LogP contribution in [0.3, 0.4) is 0 Å². The lowest BCUT2D eigenvalue weighted by atomic mass is 10.1. The van der Waals surface area contributed by atoms with Gasteiger partial charge in [0.2, 0.25) is 0 Å². The summed E-state index contributed by atoms with van der Waals surface area (Å²) in [6, 6.07) is 8.43. The zero-order chi connectivity index (χ0) is 12.8. The Morgan fingerprint density at radius 3 is 2.61 bits per heavy atom. The van der Waals surface area contributed by atoms with Crippen molar-refractivity contribution in [2.45, 2.75) is 64.0 Å². The molecule has 1 atom stereocenters. The number of hydrogen-bond donors (Lipinski definition) is 1. The van der Waals surface area contributed by atoms with Crippen molar-refractivity contribution in [1.29, 1.82) is 0 Å². The largest absolute Gasteiger partial charge is 0.490 e. The van der Waals surface area contributed by atoms with Gasteiger partial charge in [-0.1, -0.05) is 31.9 Å². The van der Waals surface area contributed by atoms with E-state index in [2.05, 4.69) is 31.2 Å². The molecule has 2 rings (SSSR count). The average molecular weight is 247 g/mol. The van der Waals surface area contributed by atoms with E-state index in [1.54, 1.807) is 0 Å². The minimum atomic E-state index is 0.127. The third kappa shape index (κ3) is 3.74. The molecule has 1 fully saturated rings. The molecule has 0 aromatic heterocycles. The fraction of sp³-hybridized carbons (Fsp3) is 0.625. The maximum atomic E-state index is 6.12. The maximum Gasteiger partial charge on any atom is 0.120 e. The summed E-state index contributed by atoms with van der Waals surface area (Å²) in [5.41, 5.74) is 7.25. The van der Waals surface area contributed by atoms with Crippen molar-refractivity contribution in [2.24, 2.45) is 5.73 Å². The molecule has 0 radical (unpaired) electrons. The standard InChI is InChI=1S/C16H25NO/c1-2-16(17)13-8-7-11-15(12-13)18-14-9-5-3-4-6-10-14/h7-8,11-12,14,16H,2-6,9-10,17H2,1H3. The summed E-state index contributed by atoms with van der Waals surface area (Å²) in [4.78, 5) is 0. The average Bonchev–Trinajstić information content (AvgIpc) is 2.67. The van der Waals surface area contributed by atoms with E-state index in [9.17, 15) is 0 Å².